The molecule has 0 radical (unpaired) electrons. The van der Waals surface area contributed by atoms with E-state index in [4.69, 9.17) is 10.5 Å². The van der Waals surface area contributed by atoms with Gasteiger partial charge in [-0.3, -0.25) is 0 Å². The molecule has 0 aromatic rings. The lowest BCUT2D eigenvalue weighted by Crippen LogP contribution is -2.46. The van der Waals surface area contributed by atoms with Gasteiger partial charge in [0.05, 0.1) is 0 Å². The van der Waals surface area contributed by atoms with Crippen LogP contribution in [0.25, 0.3) is 0 Å². The summed E-state index contributed by atoms with van der Waals surface area (Å²) in [4.78, 5) is 2.46. The van der Waals surface area contributed by atoms with Crippen LogP contribution in [0.5, 0.6) is 0 Å². The molecule has 1 rings (SSSR count). The van der Waals surface area contributed by atoms with E-state index in [-0.39, 0.29) is 0 Å². The molecule has 1 saturated heterocycles. The maximum atomic E-state index is 5.94. The van der Waals surface area contributed by atoms with Crippen molar-refractivity contribution in [1.29, 1.82) is 0 Å². The molecule has 0 saturated carbocycles. The molecular weight excluding hydrogens is 200 g/mol. The van der Waals surface area contributed by atoms with Gasteiger partial charge in [0.1, 0.15) is 0 Å². The first-order valence-corrected chi connectivity index (χ1v) is 6.67. The van der Waals surface area contributed by atoms with Crippen LogP contribution in [0.15, 0.2) is 0 Å². The Hall–Kier alpha value is -0.120. The first-order chi connectivity index (χ1) is 7.69. The minimum atomic E-state index is 0.540. The van der Waals surface area contributed by atoms with E-state index >= 15 is 0 Å². The Kier molecular flexibility index (Phi) is 6.32. The molecule has 3 nitrogen and oxygen atoms in total. The fraction of sp³-hybridized carbons (Fsp3) is 1.00. The summed E-state index contributed by atoms with van der Waals surface area (Å²) < 4.78 is 5.42. The average Bonchev–Trinajstić information content (AvgIpc) is 2.31. The summed E-state index contributed by atoms with van der Waals surface area (Å²) in [5.74, 6) is 1.49. The van der Waals surface area contributed by atoms with E-state index in [2.05, 4.69) is 25.8 Å². The molecule has 3 heteroatoms. The van der Waals surface area contributed by atoms with Crippen LogP contribution >= 0.6 is 0 Å². The first-order valence-electron chi connectivity index (χ1n) is 6.67. The predicted molar refractivity (Wildman–Crippen MR) is 68.5 cm³/mol. The molecule has 2 atom stereocenters. The third-order valence-electron chi connectivity index (χ3n) is 3.91. The fourth-order valence-corrected chi connectivity index (χ4v) is 2.59. The number of nitrogens with two attached hydrogens (primary N) is 1. The van der Waals surface area contributed by atoms with Gasteiger partial charge in [0.25, 0.3) is 0 Å². The monoisotopic (exact) mass is 228 g/mol. The van der Waals surface area contributed by atoms with E-state index in [0.717, 1.165) is 38.1 Å². The van der Waals surface area contributed by atoms with Crippen molar-refractivity contribution in [2.75, 3.05) is 33.4 Å². The highest BCUT2D eigenvalue weighted by Gasteiger charge is 2.26. The van der Waals surface area contributed by atoms with Crippen molar-refractivity contribution >= 4 is 0 Å². The summed E-state index contributed by atoms with van der Waals surface area (Å²) in [6.07, 6.45) is 3.59. The van der Waals surface area contributed by atoms with Gasteiger partial charge in [-0.15, -0.1) is 0 Å². The molecule has 1 heterocycles. The maximum absolute atomic E-state index is 5.94. The lowest BCUT2D eigenvalue weighted by Gasteiger charge is -2.37. The summed E-state index contributed by atoms with van der Waals surface area (Å²) in [6.45, 7) is 8.34. The summed E-state index contributed by atoms with van der Waals surface area (Å²) in [7, 11) is 2.22. The Balaban J connectivity index is 2.44. The molecule has 0 bridgehead atoms. The minimum absolute atomic E-state index is 0.540. The molecule has 96 valence electrons. The molecule has 1 aliphatic heterocycles. The van der Waals surface area contributed by atoms with Crippen LogP contribution in [0.4, 0.5) is 0 Å². The van der Waals surface area contributed by atoms with E-state index < -0.39 is 0 Å². The predicted octanol–water partition coefficient (Wildman–Crippen LogP) is 1.72. The minimum Gasteiger partial charge on any atom is -0.381 e. The summed E-state index contributed by atoms with van der Waals surface area (Å²) >= 11 is 0. The van der Waals surface area contributed by atoms with Crippen LogP contribution in [0.2, 0.25) is 0 Å². The highest BCUT2D eigenvalue weighted by molar-refractivity contribution is 4.81. The van der Waals surface area contributed by atoms with Crippen molar-refractivity contribution < 1.29 is 4.74 Å². The zero-order valence-corrected chi connectivity index (χ0v) is 11.1. The van der Waals surface area contributed by atoms with Gasteiger partial charge in [0, 0.05) is 32.3 Å². The van der Waals surface area contributed by atoms with Gasteiger partial charge >= 0.3 is 0 Å². The molecule has 0 amide bonds. The van der Waals surface area contributed by atoms with E-state index in [1.165, 1.54) is 19.3 Å². The fourth-order valence-electron chi connectivity index (χ4n) is 2.59. The van der Waals surface area contributed by atoms with Gasteiger partial charge in [-0.25, -0.2) is 0 Å². The maximum Gasteiger partial charge on any atom is 0.0469 e. The lowest BCUT2D eigenvalue weighted by molar-refractivity contribution is 0.0310. The van der Waals surface area contributed by atoms with Gasteiger partial charge < -0.3 is 15.4 Å². The van der Waals surface area contributed by atoms with E-state index in [1.54, 1.807) is 0 Å². The summed E-state index contributed by atoms with van der Waals surface area (Å²) in [5.41, 5.74) is 5.94. The van der Waals surface area contributed by atoms with Crippen molar-refractivity contribution in [2.45, 2.75) is 39.2 Å². The van der Waals surface area contributed by atoms with Crippen molar-refractivity contribution in [1.82, 2.24) is 4.90 Å². The van der Waals surface area contributed by atoms with Crippen LogP contribution in [0.1, 0.15) is 33.1 Å². The zero-order chi connectivity index (χ0) is 12.0. The summed E-state index contributed by atoms with van der Waals surface area (Å²) in [6, 6.07) is 0.540. The molecular formula is C13H28N2O. The molecule has 0 aromatic carbocycles. The second-order valence-electron chi connectivity index (χ2n) is 5.21. The molecule has 16 heavy (non-hydrogen) atoms. The number of nitrogens with zero attached hydrogens (tertiary/aromatic N) is 1. The Morgan fingerprint density at radius 2 is 2.00 bits per heavy atom. The quantitative estimate of drug-likeness (QED) is 0.752. The molecule has 1 fully saturated rings. The Morgan fingerprint density at radius 3 is 2.50 bits per heavy atom. The number of rotatable bonds is 6. The van der Waals surface area contributed by atoms with Crippen LogP contribution in [-0.2, 0) is 4.74 Å². The van der Waals surface area contributed by atoms with Crippen LogP contribution in [-0.4, -0.2) is 44.3 Å². The Bertz CT molecular complexity index is 181. The van der Waals surface area contributed by atoms with Crippen molar-refractivity contribution in [3.63, 3.8) is 0 Å². The normalized spacial score (nSPS) is 22.3. The van der Waals surface area contributed by atoms with Crippen LogP contribution in [0, 0.1) is 11.8 Å². The summed E-state index contributed by atoms with van der Waals surface area (Å²) in [5, 5.41) is 0. The van der Waals surface area contributed by atoms with Gasteiger partial charge in [0.15, 0.2) is 0 Å². The topological polar surface area (TPSA) is 38.5 Å². The number of hydrogen-bond donors (Lipinski definition) is 1. The molecule has 0 aromatic heterocycles. The van der Waals surface area contributed by atoms with Gasteiger partial charge in [-0.2, -0.15) is 0 Å². The smallest absolute Gasteiger partial charge is 0.0469 e. The second-order valence-corrected chi connectivity index (χ2v) is 5.21. The third kappa shape index (κ3) is 4.04. The number of hydrogen-bond acceptors (Lipinski definition) is 3. The Morgan fingerprint density at radius 1 is 1.38 bits per heavy atom. The SMILES string of the molecule is CCC(C)CN(C)C(CN)C1CCOCC1. The van der Waals surface area contributed by atoms with Gasteiger partial charge in [-0.05, 0) is 31.7 Å². The lowest BCUT2D eigenvalue weighted by atomic mass is 9.90. The van der Waals surface area contributed by atoms with E-state index in [0.29, 0.717) is 6.04 Å². The second kappa shape index (κ2) is 7.25. The van der Waals surface area contributed by atoms with Crippen molar-refractivity contribution in [3.8, 4) is 0 Å². The number of ether oxygens (including phenoxy) is 1. The molecule has 0 spiro atoms. The first kappa shape index (κ1) is 13.9. The van der Waals surface area contributed by atoms with Gasteiger partial charge in [0.2, 0.25) is 0 Å². The average molecular weight is 228 g/mol. The largest absolute Gasteiger partial charge is 0.381 e. The zero-order valence-electron chi connectivity index (χ0n) is 11.1. The van der Waals surface area contributed by atoms with E-state index in [9.17, 15) is 0 Å². The van der Waals surface area contributed by atoms with Crippen molar-refractivity contribution in [3.05, 3.63) is 0 Å². The van der Waals surface area contributed by atoms with Crippen LogP contribution in [0.3, 0.4) is 0 Å². The van der Waals surface area contributed by atoms with Gasteiger partial charge in [-0.1, -0.05) is 20.3 Å². The Labute approximate surface area is 100 Å². The highest BCUT2D eigenvalue weighted by atomic mass is 16.5. The molecule has 0 aliphatic carbocycles. The number of likely N-dealkylation sites (N-methyl/N-ethyl adjacent to an activating group) is 1. The van der Waals surface area contributed by atoms with Crippen molar-refractivity contribution in [2.24, 2.45) is 17.6 Å². The van der Waals surface area contributed by atoms with Crippen LogP contribution < -0.4 is 5.73 Å². The molecule has 2 unspecified atom stereocenters. The standard InChI is InChI=1S/C13H28N2O/c1-4-11(2)10-15(3)13(9-14)12-5-7-16-8-6-12/h11-13H,4-10,14H2,1-3H3. The molecule has 1 aliphatic rings. The third-order valence-corrected chi connectivity index (χ3v) is 3.91. The highest BCUT2D eigenvalue weighted by Crippen LogP contribution is 2.22. The molecule has 2 N–H and O–H groups in total. The van der Waals surface area contributed by atoms with E-state index in [1.807, 2.05) is 0 Å².